The first-order chi connectivity index (χ1) is 12.5. The Labute approximate surface area is 159 Å². The molecular weight excluding hydrogens is 348 g/mol. The second-order valence-corrected chi connectivity index (χ2v) is 7.97. The molecule has 0 aliphatic carbocycles. The van der Waals surface area contributed by atoms with Gasteiger partial charge in [-0.05, 0) is 38.8 Å². The van der Waals surface area contributed by atoms with Crippen molar-refractivity contribution >= 4 is 23.7 Å². The fourth-order valence-electron chi connectivity index (χ4n) is 2.76. The number of benzene rings is 1. The Hall–Kier alpha value is -2.70. The van der Waals surface area contributed by atoms with Gasteiger partial charge in [-0.2, -0.15) is 0 Å². The summed E-state index contributed by atoms with van der Waals surface area (Å²) in [6.45, 7) is 9.34. The highest BCUT2D eigenvalue weighted by Gasteiger charge is 2.44. The number of nitrogens with one attached hydrogen (secondary N) is 1. The zero-order valence-corrected chi connectivity index (χ0v) is 16.4. The van der Waals surface area contributed by atoms with Gasteiger partial charge in [-0.25, -0.2) is 0 Å². The van der Waals surface area contributed by atoms with Crippen molar-refractivity contribution in [1.82, 2.24) is 10.2 Å². The van der Waals surface area contributed by atoms with Crippen LogP contribution in [0, 0.1) is 5.92 Å². The second-order valence-electron chi connectivity index (χ2n) is 7.97. The van der Waals surface area contributed by atoms with Gasteiger partial charge in [0.25, 0.3) is 11.8 Å². The minimum absolute atomic E-state index is 0.179. The lowest BCUT2D eigenvalue weighted by atomic mass is 10.1. The molecule has 1 aliphatic rings. The van der Waals surface area contributed by atoms with Crippen LogP contribution in [-0.4, -0.2) is 46.8 Å². The topological polar surface area (TPSA) is 92.8 Å². The molecule has 0 spiro atoms. The molecule has 0 unspecified atom stereocenters. The fourth-order valence-corrected chi connectivity index (χ4v) is 2.76. The molecule has 0 fully saturated rings. The number of carbonyl (C=O) groups is 4. The van der Waals surface area contributed by atoms with Crippen LogP contribution in [0.4, 0.5) is 0 Å². The van der Waals surface area contributed by atoms with Crippen LogP contribution < -0.4 is 5.32 Å². The summed E-state index contributed by atoms with van der Waals surface area (Å²) in [6, 6.07) is 5.11. The van der Waals surface area contributed by atoms with E-state index in [1.165, 1.54) is 12.1 Å². The molecule has 3 amide bonds. The van der Waals surface area contributed by atoms with Crippen molar-refractivity contribution in [2.75, 3.05) is 6.54 Å². The lowest BCUT2D eigenvalue weighted by molar-refractivity contribution is -0.157. The third kappa shape index (κ3) is 4.93. The highest BCUT2D eigenvalue weighted by molar-refractivity contribution is 6.23. The first-order valence-corrected chi connectivity index (χ1v) is 8.97. The first kappa shape index (κ1) is 20.6. The molecule has 1 N–H and O–H groups in total. The van der Waals surface area contributed by atoms with E-state index in [-0.39, 0.29) is 17.0 Å². The summed E-state index contributed by atoms with van der Waals surface area (Å²) in [4.78, 5) is 51.3. The minimum Gasteiger partial charge on any atom is -0.460 e. The largest absolute Gasteiger partial charge is 0.460 e. The van der Waals surface area contributed by atoms with Crippen molar-refractivity contribution in [3.63, 3.8) is 0 Å². The number of hydrogen-bond donors (Lipinski definition) is 1. The van der Waals surface area contributed by atoms with E-state index >= 15 is 0 Å². The molecule has 0 radical (unpaired) electrons. The zero-order valence-electron chi connectivity index (χ0n) is 16.4. The van der Waals surface area contributed by atoms with E-state index in [9.17, 15) is 19.2 Å². The van der Waals surface area contributed by atoms with Crippen LogP contribution >= 0.6 is 0 Å². The Morgan fingerprint density at radius 3 is 2.04 bits per heavy atom. The van der Waals surface area contributed by atoms with E-state index in [4.69, 9.17) is 4.74 Å². The molecule has 1 aliphatic heterocycles. The van der Waals surface area contributed by atoms with Crippen LogP contribution in [0.15, 0.2) is 24.3 Å². The number of nitrogens with zero attached hydrogens (tertiary/aromatic N) is 1. The monoisotopic (exact) mass is 374 g/mol. The molecule has 0 saturated carbocycles. The van der Waals surface area contributed by atoms with E-state index in [1.807, 2.05) is 13.8 Å². The highest BCUT2D eigenvalue weighted by atomic mass is 16.6. The van der Waals surface area contributed by atoms with Gasteiger partial charge in [0, 0.05) is 6.54 Å². The molecule has 27 heavy (non-hydrogen) atoms. The van der Waals surface area contributed by atoms with E-state index < -0.39 is 41.8 Å². The number of imide groups is 1. The summed E-state index contributed by atoms with van der Waals surface area (Å²) in [5.41, 5.74) is -0.278. The average Bonchev–Trinajstić information content (AvgIpc) is 2.80. The Balaban J connectivity index is 2.29. The summed E-state index contributed by atoms with van der Waals surface area (Å²) in [5, 5.41) is 2.70. The molecule has 0 bridgehead atoms. The molecule has 146 valence electrons. The molecule has 1 aromatic rings. The number of ether oxygens (including phenoxy) is 1. The third-order valence-corrected chi connectivity index (χ3v) is 3.90. The van der Waals surface area contributed by atoms with Crippen molar-refractivity contribution in [2.24, 2.45) is 5.92 Å². The Bertz CT molecular complexity index is 729. The Morgan fingerprint density at radius 1 is 1.07 bits per heavy atom. The molecule has 7 heteroatoms. The molecule has 1 atom stereocenters. The van der Waals surface area contributed by atoms with Gasteiger partial charge in [-0.1, -0.05) is 26.0 Å². The summed E-state index contributed by atoms with van der Waals surface area (Å²) in [6.07, 6.45) is -0.396. The molecule has 0 aromatic heterocycles. The smallest absolute Gasteiger partial charge is 0.308 e. The predicted octanol–water partition coefficient (Wildman–Crippen LogP) is 2.16. The van der Waals surface area contributed by atoms with Crippen molar-refractivity contribution in [1.29, 1.82) is 0 Å². The van der Waals surface area contributed by atoms with E-state index in [0.717, 1.165) is 4.90 Å². The Morgan fingerprint density at radius 2 is 1.59 bits per heavy atom. The summed E-state index contributed by atoms with van der Waals surface area (Å²) >= 11 is 0. The van der Waals surface area contributed by atoms with Gasteiger partial charge in [-0.3, -0.25) is 24.1 Å². The molecule has 7 nitrogen and oxygen atoms in total. The maximum absolute atomic E-state index is 12.7. The quantitative estimate of drug-likeness (QED) is 0.608. The highest BCUT2D eigenvalue weighted by Crippen LogP contribution is 2.26. The number of fused-ring (bicyclic) bond motifs is 1. The zero-order chi connectivity index (χ0) is 20.4. The van der Waals surface area contributed by atoms with Gasteiger partial charge in [0.15, 0.2) is 0 Å². The first-order valence-electron chi connectivity index (χ1n) is 8.97. The predicted molar refractivity (Wildman–Crippen MR) is 99.0 cm³/mol. The normalized spacial score (nSPS) is 15.0. The Kier molecular flexibility index (Phi) is 6.03. The molecule has 0 saturated heterocycles. The number of carbonyl (C=O) groups excluding carboxylic acids is 4. The van der Waals surface area contributed by atoms with Gasteiger partial charge < -0.3 is 10.1 Å². The number of hydrogen-bond acceptors (Lipinski definition) is 5. The minimum atomic E-state index is -1.26. The van der Waals surface area contributed by atoms with Gasteiger partial charge in [-0.15, -0.1) is 0 Å². The molecular formula is C20H26N2O5. The van der Waals surface area contributed by atoms with Gasteiger partial charge in [0.2, 0.25) is 5.91 Å². The van der Waals surface area contributed by atoms with Crippen LogP contribution in [0.2, 0.25) is 0 Å². The van der Waals surface area contributed by atoms with Crippen molar-refractivity contribution < 1.29 is 23.9 Å². The maximum atomic E-state index is 12.7. The van der Waals surface area contributed by atoms with E-state index in [0.29, 0.717) is 6.54 Å². The lowest BCUT2D eigenvalue weighted by Crippen LogP contribution is -2.51. The lowest BCUT2D eigenvalue weighted by Gasteiger charge is -2.27. The SMILES string of the molecule is CC(C)CNC(=O)[C@@H](CC(=O)OC(C)(C)C)N1C(=O)c2ccccc2C1=O. The number of amides is 3. The second kappa shape index (κ2) is 7.90. The van der Waals surface area contributed by atoms with Gasteiger partial charge in [0.1, 0.15) is 11.6 Å². The standard InChI is InChI=1S/C20H26N2O5/c1-12(2)11-21-17(24)15(10-16(23)27-20(3,4)5)22-18(25)13-8-6-7-9-14(13)19(22)26/h6-9,12,15H,10-11H2,1-5H3,(H,21,24)/t15-/m1/s1. The van der Waals surface area contributed by atoms with E-state index in [1.54, 1.807) is 32.9 Å². The molecule has 1 aromatic carbocycles. The summed E-state index contributed by atoms with van der Waals surface area (Å²) < 4.78 is 5.28. The number of rotatable bonds is 6. The third-order valence-electron chi connectivity index (χ3n) is 3.90. The van der Waals surface area contributed by atoms with Crippen molar-refractivity contribution in [2.45, 2.75) is 52.7 Å². The van der Waals surface area contributed by atoms with Crippen LogP contribution in [0.25, 0.3) is 0 Å². The van der Waals surface area contributed by atoms with Crippen molar-refractivity contribution in [3.8, 4) is 0 Å². The van der Waals surface area contributed by atoms with Crippen molar-refractivity contribution in [3.05, 3.63) is 35.4 Å². The summed E-state index contributed by atoms with van der Waals surface area (Å²) in [5.74, 6) is -2.18. The molecule has 1 heterocycles. The van der Waals surface area contributed by atoms with Crippen LogP contribution in [-0.2, 0) is 14.3 Å². The molecule has 2 rings (SSSR count). The van der Waals surface area contributed by atoms with Crippen LogP contribution in [0.1, 0.15) is 61.8 Å². The van der Waals surface area contributed by atoms with Gasteiger partial charge >= 0.3 is 5.97 Å². The van der Waals surface area contributed by atoms with Crippen LogP contribution in [0.5, 0.6) is 0 Å². The van der Waals surface area contributed by atoms with E-state index in [2.05, 4.69) is 5.32 Å². The van der Waals surface area contributed by atoms with Crippen LogP contribution in [0.3, 0.4) is 0 Å². The summed E-state index contributed by atoms with van der Waals surface area (Å²) in [7, 11) is 0. The average molecular weight is 374 g/mol. The maximum Gasteiger partial charge on any atom is 0.308 e. The fraction of sp³-hybridized carbons (Fsp3) is 0.500. The number of esters is 1. The van der Waals surface area contributed by atoms with Gasteiger partial charge in [0.05, 0.1) is 17.5 Å².